The molecule has 1 unspecified atom stereocenters. The predicted molar refractivity (Wildman–Crippen MR) is 75.6 cm³/mol. The molecule has 1 fully saturated rings. The predicted octanol–water partition coefficient (Wildman–Crippen LogP) is 0.339. The maximum Gasteiger partial charge on any atom is 0.152 e. The molecule has 1 saturated heterocycles. The second kappa shape index (κ2) is 4.81. The first-order valence-corrected chi connectivity index (χ1v) is 7.81. The van der Waals surface area contributed by atoms with Gasteiger partial charge in [0.15, 0.2) is 9.84 Å². The van der Waals surface area contributed by atoms with E-state index in [1.54, 1.807) is 12.3 Å². The molecule has 98 valence electrons. The third-order valence-corrected chi connectivity index (χ3v) is 5.12. The highest BCUT2D eigenvalue weighted by atomic mass is 32.2. The van der Waals surface area contributed by atoms with Gasteiger partial charge in [0.05, 0.1) is 29.1 Å². The average molecular weight is 285 g/mol. The van der Waals surface area contributed by atoms with Crippen molar-refractivity contribution in [2.24, 2.45) is 5.73 Å². The largest absolute Gasteiger partial charge is 0.388 e. The third kappa shape index (κ3) is 2.78. The second-order valence-electron chi connectivity index (χ2n) is 4.43. The van der Waals surface area contributed by atoms with Gasteiger partial charge in [0.25, 0.3) is 0 Å². The lowest BCUT2D eigenvalue weighted by Crippen LogP contribution is -2.32. The fourth-order valence-corrected chi connectivity index (χ4v) is 3.93. The average Bonchev–Trinajstić information content (AvgIpc) is 2.69. The number of nitrogens with zero attached hydrogens (tertiary/aromatic N) is 2. The van der Waals surface area contributed by atoms with E-state index in [9.17, 15) is 8.42 Å². The molecule has 1 aromatic heterocycles. The van der Waals surface area contributed by atoms with Crippen LogP contribution in [0.4, 0.5) is 5.69 Å². The van der Waals surface area contributed by atoms with Crippen LogP contribution in [0.15, 0.2) is 18.3 Å². The van der Waals surface area contributed by atoms with E-state index in [1.807, 2.05) is 18.0 Å². The standard InChI is InChI=1S/C11H15N3O2S2/c1-14(9-4-5-18(15,16)7-9)8-2-3-10(11(12)17)13-6-8/h2-3,6,9H,4-5,7H2,1H3,(H2,12,17). The van der Waals surface area contributed by atoms with E-state index in [1.165, 1.54) is 0 Å². The lowest BCUT2D eigenvalue weighted by Gasteiger charge is -2.25. The van der Waals surface area contributed by atoms with Crippen LogP contribution in [0.2, 0.25) is 0 Å². The molecule has 1 atom stereocenters. The summed E-state index contributed by atoms with van der Waals surface area (Å²) in [7, 11) is -0.995. The van der Waals surface area contributed by atoms with Crippen LogP contribution < -0.4 is 10.6 Å². The van der Waals surface area contributed by atoms with Crippen LogP contribution in [-0.2, 0) is 9.84 Å². The van der Waals surface area contributed by atoms with Crippen LogP contribution in [-0.4, -0.2) is 43.0 Å². The first-order chi connectivity index (χ1) is 8.39. The number of hydrogen-bond donors (Lipinski definition) is 1. The van der Waals surface area contributed by atoms with Gasteiger partial charge in [-0.1, -0.05) is 12.2 Å². The van der Waals surface area contributed by atoms with E-state index in [0.29, 0.717) is 12.1 Å². The van der Waals surface area contributed by atoms with Crippen molar-refractivity contribution >= 4 is 32.7 Å². The molecule has 7 heteroatoms. The number of nitrogens with two attached hydrogens (primary N) is 1. The van der Waals surface area contributed by atoms with E-state index in [4.69, 9.17) is 18.0 Å². The topological polar surface area (TPSA) is 76.3 Å². The molecule has 2 N–H and O–H groups in total. The number of hydrogen-bond acceptors (Lipinski definition) is 5. The number of pyridine rings is 1. The van der Waals surface area contributed by atoms with Crippen LogP contribution in [0.1, 0.15) is 12.1 Å². The number of aromatic nitrogens is 1. The summed E-state index contributed by atoms with van der Waals surface area (Å²) in [5.74, 6) is 0.473. The molecular formula is C11H15N3O2S2. The molecular weight excluding hydrogens is 270 g/mol. The van der Waals surface area contributed by atoms with Crippen LogP contribution in [0.25, 0.3) is 0 Å². The molecule has 0 spiro atoms. The zero-order valence-corrected chi connectivity index (χ0v) is 11.7. The Hall–Kier alpha value is -1.21. The Bertz CT molecular complexity index is 554. The minimum atomic E-state index is -2.87. The Labute approximate surface area is 112 Å². The first kappa shape index (κ1) is 13.2. The van der Waals surface area contributed by atoms with Gasteiger partial charge < -0.3 is 10.6 Å². The maximum atomic E-state index is 11.4. The fraction of sp³-hybridized carbons (Fsp3) is 0.455. The highest BCUT2D eigenvalue weighted by Gasteiger charge is 2.30. The van der Waals surface area contributed by atoms with E-state index in [2.05, 4.69) is 4.98 Å². The van der Waals surface area contributed by atoms with Crippen molar-refractivity contribution in [3.63, 3.8) is 0 Å². The summed E-state index contributed by atoms with van der Waals surface area (Å²) in [4.78, 5) is 6.35. The molecule has 2 heterocycles. The normalized spacial score (nSPS) is 21.7. The summed E-state index contributed by atoms with van der Waals surface area (Å²) in [6.45, 7) is 0. The van der Waals surface area contributed by atoms with Crippen molar-refractivity contribution in [3.05, 3.63) is 24.0 Å². The highest BCUT2D eigenvalue weighted by molar-refractivity contribution is 7.91. The summed E-state index contributed by atoms with van der Waals surface area (Å²) in [5.41, 5.74) is 6.92. The van der Waals surface area contributed by atoms with Crippen LogP contribution in [0, 0.1) is 0 Å². The Morgan fingerprint density at radius 2 is 2.28 bits per heavy atom. The van der Waals surface area contributed by atoms with Crippen molar-refractivity contribution in [2.45, 2.75) is 12.5 Å². The molecule has 0 aromatic carbocycles. The summed E-state index contributed by atoms with van der Waals surface area (Å²) in [5, 5.41) is 0. The van der Waals surface area contributed by atoms with Gasteiger partial charge in [0.1, 0.15) is 4.99 Å². The summed E-state index contributed by atoms with van der Waals surface area (Å²) in [6, 6.07) is 3.62. The Balaban J connectivity index is 2.14. The Morgan fingerprint density at radius 1 is 1.56 bits per heavy atom. The van der Waals surface area contributed by atoms with Gasteiger partial charge in [-0.05, 0) is 18.6 Å². The van der Waals surface area contributed by atoms with Crippen molar-refractivity contribution < 1.29 is 8.42 Å². The van der Waals surface area contributed by atoms with Crippen molar-refractivity contribution in [2.75, 3.05) is 23.5 Å². The van der Waals surface area contributed by atoms with Crippen molar-refractivity contribution in [3.8, 4) is 0 Å². The molecule has 1 aliphatic rings. The third-order valence-electron chi connectivity index (χ3n) is 3.16. The molecule has 0 amide bonds. The van der Waals surface area contributed by atoms with Gasteiger partial charge in [0.2, 0.25) is 0 Å². The highest BCUT2D eigenvalue weighted by Crippen LogP contribution is 2.22. The van der Waals surface area contributed by atoms with Crippen molar-refractivity contribution in [1.82, 2.24) is 4.98 Å². The van der Waals surface area contributed by atoms with Gasteiger partial charge in [-0.15, -0.1) is 0 Å². The van der Waals surface area contributed by atoms with Crippen LogP contribution in [0.3, 0.4) is 0 Å². The van der Waals surface area contributed by atoms with Crippen molar-refractivity contribution in [1.29, 1.82) is 0 Å². The molecule has 0 bridgehead atoms. The van der Waals surface area contributed by atoms with Gasteiger partial charge >= 0.3 is 0 Å². The molecule has 2 rings (SSSR count). The number of anilines is 1. The number of sulfone groups is 1. The molecule has 0 saturated carbocycles. The SMILES string of the molecule is CN(c1ccc(C(N)=S)nc1)C1CCS(=O)(=O)C1. The zero-order valence-electron chi connectivity index (χ0n) is 10.0. The van der Waals surface area contributed by atoms with Gasteiger partial charge in [-0.3, -0.25) is 4.98 Å². The van der Waals surface area contributed by atoms with E-state index >= 15 is 0 Å². The maximum absolute atomic E-state index is 11.4. The van der Waals surface area contributed by atoms with E-state index in [0.717, 1.165) is 5.69 Å². The molecule has 0 aliphatic carbocycles. The minimum absolute atomic E-state index is 0.0208. The van der Waals surface area contributed by atoms with Crippen LogP contribution >= 0.6 is 12.2 Å². The molecule has 0 radical (unpaired) electrons. The molecule has 1 aromatic rings. The first-order valence-electron chi connectivity index (χ1n) is 5.58. The fourth-order valence-electron chi connectivity index (χ4n) is 2.03. The second-order valence-corrected chi connectivity index (χ2v) is 7.10. The Kier molecular flexibility index (Phi) is 3.54. The summed E-state index contributed by atoms with van der Waals surface area (Å²) in [6.07, 6.45) is 2.33. The molecule has 1 aliphatic heterocycles. The smallest absolute Gasteiger partial charge is 0.152 e. The van der Waals surface area contributed by atoms with Crippen LogP contribution in [0.5, 0.6) is 0 Å². The number of rotatable bonds is 3. The lowest BCUT2D eigenvalue weighted by atomic mass is 10.2. The molecule has 18 heavy (non-hydrogen) atoms. The lowest BCUT2D eigenvalue weighted by molar-refractivity contribution is 0.601. The zero-order chi connectivity index (χ0) is 13.3. The van der Waals surface area contributed by atoms with E-state index in [-0.39, 0.29) is 22.5 Å². The van der Waals surface area contributed by atoms with Gasteiger partial charge in [-0.25, -0.2) is 8.42 Å². The van der Waals surface area contributed by atoms with E-state index < -0.39 is 9.84 Å². The summed E-state index contributed by atoms with van der Waals surface area (Å²) < 4.78 is 22.9. The summed E-state index contributed by atoms with van der Waals surface area (Å²) >= 11 is 4.83. The monoisotopic (exact) mass is 285 g/mol. The minimum Gasteiger partial charge on any atom is -0.388 e. The quantitative estimate of drug-likeness (QED) is 0.807. The van der Waals surface area contributed by atoms with Gasteiger partial charge in [0, 0.05) is 13.1 Å². The molecule has 5 nitrogen and oxygen atoms in total. The Morgan fingerprint density at radius 3 is 2.72 bits per heavy atom. The number of thiocarbonyl (C=S) groups is 1. The van der Waals surface area contributed by atoms with Gasteiger partial charge in [-0.2, -0.15) is 0 Å².